The van der Waals surface area contributed by atoms with Crippen molar-refractivity contribution in [2.24, 2.45) is 0 Å². The van der Waals surface area contributed by atoms with Gasteiger partial charge in [-0.2, -0.15) is 0 Å². The molecule has 0 aliphatic rings. The number of aliphatic hydroxyl groups is 1. The number of hydrogen-bond acceptors (Lipinski definition) is 15. The average Bonchev–Trinajstić information content (AvgIpc) is 0.915. The normalized spacial score (nSPS) is 13.8. The molecule has 5 atom stereocenters. The van der Waals surface area contributed by atoms with Crippen LogP contribution in [-0.4, -0.2) is 96.7 Å². The van der Waals surface area contributed by atoms with Crippen LogP contribution in [0.2, 0.25) is 0 Å². The van der Waals surface area contributed by atoms with Gasteiger partial charge in [-0.15, -0.1) is 0 Å². The average molecular weight is 1490 g/mol. The minimum absolute atomic E-state index is 0.106. The molecule has 0 radical (unpaired) electrons. The molecule has 0 fully saturated rings. The highest BCUT2D eigenvalue weighted by atomic mass is 31.2. The van der Waals surface area contributed by atoms with Crippen molar-refractivity contribution < 1.29 is 80.2 Å². The van der Waals surface area contributed by atoms with Gasteiger partial charge in [0.2, 0.25) is 0 Å². The van der Waals surface area contributed by atoms with Crippen LogP contribution >= 0.6 is 15.6 Å². The smallest absolute Gasteiger partial charge is 0.462 e. The van der Waals surface area contributed by atoms with Gasteiger partial charge in [0.15, 0.2) is 12.2 Å². The van der Waals surface area contributed by atoms with Crippen molar-refractivity contribution in [2.45, 2.75) is 470 Å². The Hall–Kier alpha value is -1.94. The van der Waals surface area contributed by atoms with E-state index in [0.29, 0.717) is 25.7 Å². The lowest BCUT2D eigenvalue weighted by molar-refractivity contribution is -0.161. The fourth-order valence-corrected chi connectivity index (χ4v) is 14.6. The third kappa shape index (κ3) is 76.3. The van der Waals surface area contributed by atoms with Gasteiger partial charge in [-0.3, -0.25) is 37.3 Å². The maximum absolute atomic E-state index is 13.1. The number of rotatable bonds is 84. The van der Waals surface area contributed by atoms with Crippen molar-refractivity contribution in [1.29, 1.82) is 0 Å². The van der Waals surface area contributed by atoms with Gasteiger partial charge in [0.25, 0.3) is 0 Å². The second kappa shape index (κ2) is 77.2. The molecular weight excluding hydrogens is 1330 g/mol. The van der Waals surface area contributed by atoms with E-state index in [4.69, 9.17) is 37.0 Å². The van der Waals surface area contributed by atoms with Crippen LogP contribution in [0.25, 0.3) is 0 Å². The lowest BCUT2D eigenvalue weighted by atomic mass is 10.0. The van der Waals surface area contributed by atoms with Gasteiger partial charge in [0, 0.05) is 25.7 Å². The third-order valence-electron chi connectivity index (χ3n) is 19.6. The van der Waals surface area contributed by atoms with Gasteiger partial charge in [0.05, 0.1) is 26.4 Å². The summed E-state index contributed by atoms with van der Waals surface area (Å²) in [7, 11) is -9.91. The number of hydrogen-bond donors (Lipinski definition) is 3. The van der Waals surface area contributed by atoms with Crippen molar-refractivity contribution in [3.05, 3.63) is 0 Å². The predicted molar refractivity (Wildman–Crippen MR) is 419 cm³/mol. The molecule has 606 valence electrons. The fourth-order valence-electron chi connectivity index (χ4n) is 13.0. The van der Waals surface area contributed by atoms with Crippen LogP contribution in [-0.2, 0) is 65.4 Å². The predicted octanol–water partition coefficient (Wildman–Crippen LogP) is 25.4. The summed E-state index contributed by atoms with van der Waals surface area (Å²) in [6.45, 7) is 4.98. The van der Waals surface area contributed by atoms with Crippen LogP contribution in [0.1, 0.15) is 451 Å². The molecule has 0 rings (SSSR count). The third-order valence-corrected chi connectivity index (χ3v) is 21.5. The highest BCUT2D eigenvalue weighted by molar-refractivity contribution is 7.47. The van der Waals surface area contributed by atoms with E-state index in [2.05, 4.69) is 27.7 Å². The number of carbonyl (C=O) groups is 4. The molecule has 0 aromatic rings. The number of phosphoric acid groups is 2. The zero-order valence-electron chi connectivity index (χ0n) is 66.6. The summed E-state index contributed by atoms with van der Waals surface area (Å²) < 4.78 is 68.6. The number of esters is 4. The van der Waals surface area contributed by atoms with Crippen molar-refractivity contribution in [2.75, 3.05) is 39.6 Å². The molecule has 0 aliphatic heterocycles. The van der Waals surface area contributed by atoms with Crippen LogP contribution in [0.4, 0.5) is 0 Å². The van der Waals surface area contributed by atoms with Crippen molar-refractivity contribution >= 4 is 39.5 Å². The van der Waals surface area contributed by atoms with Gasteiger partial charge in [-0.25, -0.2) is 9.13 Å². The number of phosphoric ester groups is 2. The standard InChI is InChI=1S/C83H162O17P2/c1-5-9-13-17-21-25-27-29-31-33-35-37-39-41-43-45-47-49-53-56-60-64-68-81(86)94-74-79(100-83(88)70-66-62-58-54-50-48-46-44-42-40-38-36-34-32-30-28-26-22-18-14-10-6-2)76-98-102(91,92)96-72-77(84)71-95-101(89,90)97-75-78(99-82(87)69-65-61-57-52-24-20-16-12-8-4)73-93-80(85)67-63-59-55-51-23-19-15-11-7-3/h77-79,84H,5-76H2,1-4H3,(H,89,90)(H,91,92)/t77-,78+,79+/m0/s1. The van der Waals surface area contributed by atoms with E-state index in [9.17, 15) is 43.2 Å². The topological polar surface area (TPSA) is 237 Å². The molecule has 0 heterocycles. The van der Waals surface area contributed by atoms with Crippen LogP contribution in [0, 0.1) is 0 Å². The number of unbranched alkanes of at least 4 members (excludes halogenated alkanes) is 58. The van der Waals surface area contributed by atoms with E-state index in [0.717, 1.165) is 89.9 Å². The molecule has 0 spiro atoms. The lowest BCUT2D eigenvalue weighted by Gasteiger charge is -2.21. The molecule has 102 heavy (non-hydrogen) atoms. The first-order valence-electron chi connectivity index (χ1n) is 43.3. The molecule has 0 saturated heterocycles. The minimum atomic E-state index is -4.96. The van der Waals surface area contributed by atoms with Gasteiger partial charge in [-0.1, -0.05) is 400 Å². The van der Waals surface area contributed by atoms with Crippen LogP contribution < -0.4 is 0 Å². The molecule has 0 aromatic heterocycles. The largest absolute Gasteiger partial charge is 0.472 e. The van der Waals surface area contributed by atoms with Crippen LogP contribution in [0.3, 0.4) is 0 Å². The minimum Gasteiger partial charge on any atom is -0.462 e. The molecule has 0 saturated carbocycles. The van der Waals surface area contributed by atoms with Gasteiger partial charge in [-0.05, 0) is 25.7 Å². The highest BCUT2D eigenvalue weighted by Gasteiger charge is 2.30. The maximum atomic E-state index is 13.1. The fraction of sp³-hybridized carbons (Fsp3) is 0.952. The molecule has 17 nitrogen and oxygen atoms in total. The zero-order valence-corrected chi connectivity index (χ0v) is 68.4. The Labute approximate surface area is 626 Å². The number of aliphatic hydroxyl groups excluding tert-OH is 1. The van der Waals surface area contributed by atoms with Crippen molar-refractivity contribution in [1.82, 2.24) is 0 Å². The number of ether oxygens (including phenoxy) is 4. The molecule has 0 aliphatic carbocycles. The SMILES string of the molecule is CCCCCCCCCCCCCCCCCCCCCCCCC(=O)OC[C@H](COP(=O)(O)OC[C@@H](O)COP(=O)(O)OC[C@@H](COC(=O)CCCCCCCCCCC)OC(=O)CCCCCCCCCCC)OC(=O)CCCCCCCCCCCCCCCCCCCCCCCC. The molecule has 0 amide bonds. The van der Waals surface area contributed by atoms with Crippen molar-refractivity contribution in [3.8, 4) is 0 Å². The first kappa shape index (κ1) is 100. The lowest BCUT2D eigenvalue weighted by Crippen LogP contribution is -2.30. The van der Waals surface area contributed by atoms with E-state index in [-0.39, 0.29) is 25.7 Å². The summed E-state index contributed by atoms with van der Waals surface area (Å²) in [5.74, 6) is -2.11. The van der Waals surface area contributed by atoms with Gasteiger partial charge < -0.3 is 33.8 Å². The Balaban J connectivity index is 5.12. The summed E-state index contributed by atoms with van der Waals surface area (Å²) in [5, 5.41) is 10.6. The number of carbonyl (C=O) groups excluding carboxylic acids is 4. The Bertz CT molecular complexity index is 1930. The Morgan fingerprint density at radius 2 is 0.392 bits per heavy atom. The summed E-state index contributed by atoms with van der Waals surface area (Å²) in [5.41, 5.74) is 0. The van der Waals surface area contributed by atoms with Crippen LogP contribution in [0.5, 0.6) is 0 Å². The van der Waals surface area contributed by atoms with E-state index >= 15 is 0 Å². The molecule has 2 unspecified atom stereocenters. The summed E-state index contributed by atoms with van der Waals surface area (Å²) in [6, 6.07) is 0. The second-order valence-electron chi connectivity index (χ2n) is 29.9. The van der Waals surface area contributed by atoms with Gasteiger partial charge >= 0.3 is 39.5 Å². The monoisotopic (exact) mass is 1490 g/mol. The first-order chi connectivity index (χ1) is 49.7. The Morgan fingerprint density at radius 3 is 0.578 bits per heavy atom. The summed E-state index contributed by atoms with van der Waals surface area (Å²) in [6.07, 6.45) is 71.2. The molecule has 0 aromatic carbocycles. The van der Waals surface area contributed by atoms with E-state index in [1.165, 1.54) is 283 Å². The van der Waals surface area contributed by atoms with E-state index in [1.807, 2.05) is 0 Å². The molecular formula is C83H162O17P2. The molecule has 3 N–H and O–H groups in total. The Kier molecular flexibility index (Phi) is 75.8. The van der Waals surface area contributed by atoms with Crippen molar-refractivity contribution in [3.63, 3.8) is 0 Å². The molecule has 0 bridgehead atoms. The van der Waals surface area contributed by atoms with E-state index in [1.54, 1.807) is 0 Å². The first-order valence-corrected chi connectivity index (χ1v) is 46.3. The van der Waals surface area contributed by atoms with Gasteiger partial charge in [0.1, 0.15) is 19.3 Å². The van der Waals surface area contributed by atoms with E-state index < -0.39 is 97.5 Å². The quantitative estimate of drug-likeness (QED) is 0.0222. The Morgan fingerprint density at radius 1 is 0.235 bits per heavy atom. The molecule has 19 heteroatoms. The summed E-state index contributed by atoms with van der Waals surface area (Å²) >= 11 is 0. The van der Waals surface area contributed by atoms with Crippen LogP contribution in [0.15, 0.2) is 0 Å². The zero-order chi connectivity index (χ0) is 74.6. The summed E-state index contributed by atoms with van der Waals surface area (Å²) in [4.78, 5) is 72.9. The second-order valence-corrected chi connectivity index (χ2v) is 32.8. The highest BCUT2D eigenvalue weighted by Crippen LogP contribution is 2.45. The maximum Gasteiger partial charge on any atom is 0.472 e.